The molecule has 1 heterocycles. The molecule has 18 heavy (non-hydrogen) atoms. The highest BCUT2D eigenvalue weighted by Crippen LogP contribution is 2.20. The van der Waals surface area contributed by atoms with Crippen LogP contribution >= 0.6 is 0 Å². The van der Waals surface area contributed by atoms with Crippen LogP contribution in [0.2, 0.25) is 0 Å². The lowest BCUT2D eigenvalue weighted by Crippen LogP contribution is -2.32. The van der Waals surface area contributed by atoms with Crippen molar-refractivity contribution >= 4 is 16.6 Å². The van der Waals surface area contributed by atoms with Crippen LogP contribution in [-0.2, 0) is 0 Å². The van der Waals surface area contributed by atoms with Crippen LogP contribution in [0.3, 0.4) is 0 Å². The minimum atomic E-state index is -0.312. The van der Waals surface area contributed by atoms with Crippen molar-refractivity contribution in [3.8, 4) is 0 Å². The third kappa shape index (κ3) is 2.93. The lowest BCUT2D eigenvalue weighted by molar-refractivity contribution is 0.0974. The van der Waals surface area contributed by atoms with E-state index in [9.17, 15) is 4.79 Å². The van der Waals surface area contributed by atoms with Crippen molar-refractivity contribution in [2.24, 2.45) is 5.73 Å². The molecule has 2 N–H and O–H groups in total. The molecule has 0 fully saturated rings. The number of carbonyl (C=O) groups is 1. The van der Waals surface area contributed by atoms with Crippen molar-refractivity contribution in [3.63, 3.8) is 0 Å². The number of carbonyl (C=O) groups excluding carboxylic acids is 1. The van der Waals surface area contributed by atoms with Gasteiger partial charge < -0.3 is 5.73 Å². The number of pyridine rings is 1. The number of aromatic nitrogens is 1. The van der Waals surface area contributed by atoms with Crippen molar-refractivity contribution in [1.29, 1.82) is 0 Å². The van der Waals surface area contributed by atoms with Gasteiger partial charge in [0.15, 0.2) is 5.78 Å². The van der Waals surface area contributed by atoms with E-state index in [-0.39, 0.29) is 11.3 Å². The third-order valence-corrected chi connectivity index (χ3v) is 2.97. The van der Waals surface area contributed by atoms with Gasteiger partial charge in [0.25, 0.3) is 0 Å². The molecule has 0 aliphatic heterocycles. The lowest BCUT2D eigenvalue weighted by Gasteiger charge is -2.17. The molecular weight excluding hydrogens is 224 g/mol. The normalized spacial score (nSPS) is 11.7. The monoisotopic (exact) mass is 242 g/mol. The Morgan fingerprint density at radius 3 is 2.72 bits per heavy atom. The SMILES string of the molecule is CC(C)(N)CCC(=O)c1cncc2ccccc12. The van der Waals surface area contributed by atoms with Crippen molar-refractivity contribution in [2.45, 2.75) is 32.2 Å². The summed E-state index contributed by atoms with van der Waals surface area (Å²) in [6, 6.07) is 7.80. The summed E-state index contributed by atoms with van der Waals surface area (Å²) in [5, 5.41) is 1.96. The van der Waals surface area contributed by atoms with E-state index in [1.807, 2.05) is 38.1 Å². The summed E-state index contributed by atoms with van der Waals surface area (Å²) in [6.45, 7) is 3.86. The molecule has 3 nitrogen and oxygen atoms in total. The molecule has 3 heteroatoms. The van der Waals surface area contributed by atoms with Gasteiger partial charge in [0.1, 0.15) is 0 Å². The first-order valence-corrected chi connectivity index (χ1v) is 6.12. The van der Waals surface area contributed by atoms with Gasteiger partial charge in [0.2, 0.25) is 0 Å². The zero-order valence-electron chi connectivity index (χ0n) is 10.8. The maximum atomic E-state index is 12.2. The zero-order chi connectivity index (χ0) is 13.2. The predicted octanol–water partition coefficient (Wildman–Crippen LogP) is 2.94. The van der Waals surface area contributed by atoms with Crippen molar-refractivity contribution < 1.29 is 4.79 Å². The molecular formula is C15H18N2O. The van der Waals surface area contributed by atoms with E-state index in [1.54, 1.807) is 12.4 Å². The van der Waals surface area contributed by atoms with E-state index < -0.39 is 0 Å². The van der Waals surface area contributed by atoms with Gasteiger partial charge in [0, 0.05) is 35.3 Å². The number of hydrogen-bond donors (Lipinski definition) is 1. The fourth-order valence-electron chi connectivity index (χ4n) is 1.91. The second-order valence-electron chi connectivity index (χ2n) is 5.32. The summed E-state index contributed by atoms with van der Waals surface area (Å²) >= 11 is 0. The first-order chi connectivity index (χ1) is 8.47. The predicted molar refractivity (Wildman–Crippen MR) is 73.6 cm³/mol. The molecule has 1 aromatic heterocycles. The highest BCUT2D eigenvalue weighted by Gasteiger charge is 2.16. The van der Waals surface area contributed by atoms with Gasteiger partial charge in [-0.1, -0.05) is 24.3 Å². The first kappa shape index (κ1) is 12.7. The summed E-state index contributed by atoms with van der Waals surface area (Å²) in [6.07, 6.45) is 4.56. The van der Waals surface area contributed by atoms with E-state index in [4.69, 9.17) is 5.73 Å². The van der Waals surface area contributed by atoms with E-state index in [1.165, 1.54) is 0 Å². The van der Waals surface area contributed by atoms with Crippen LogP contribution in [0.4, 0.5) is 0 Å². The Bertz CT molecular complexity index is 565. The average molecular weight is 242 g/mol. The number of benzene rings is 1. The smallest absolute Gasteiger partial charge is 0.165 e. The van der Waals surface area contributed by atoms with Gasteiger partial charge in [0.05, 0.1) is 0 Å². The minimum absolute atomic E-state index is 0.109. The van der Waals surface area contributed by atoms with E-state index >= 15 is 0 Å². The third-order valence-electron chi connectivity index (χ3n) is 2.97. The summed E-state index contributed by atoms with van der Waals surface area (Å²) in [7, 11) is 0. The van der Waals surface area contributed by atoms with Gasteiger partial charge >= 0.3 is 0 Å². The van der Waals surface area contributed by atoms with Crippen molar-refractivity contribution in [3.05, 3.63) is 42.2 Å². The van der Waals surface area contributed by atoms with Gasteiger partial charge in [-0.05, 0) is 25.7 Å². The van der Waals surface area contributed by atoms with Crippen LogP contribution < -0.4 is 5.73 Å². The molecule has 0 spiro atoms. The fraction of sp³-hybridized carbons (Fsp3) is 0.333. The summed E-state index contributed by atoms with van der Waals surface area (Å²) in [5.41, 5.74) is 6.29. The molecule has 0 amide bonds. The maximum Gasteiger partial charge on any atom is 0.165 e. The molecule has 2 rings (SSSR count). The molecule has 0 aliphatic carbocycles. The molecule has 0 bridgehead atoms. The summed E-state index contributed by atoms with van der Waals surface area (Å²) in [4.78, 5) is 16.3. The van der Waals surface area contributed by atoms with Crippen LogP contribution in [0.25, 0.3) is 10.8 Å². The zero-order valence-corrected chi connectivity index (χ0v) is 10.8. The topological polar surface area (TPSA) is 56.0 Å². The Morgan fingerprint density at radius 1 is 1.28 bits per heavy atom. The molecule has 94 valence electrons. The Kier molecular flexibility index (Phi) is 3.43. The highest BCUT2D eigenvalue weighted by molar-refractivity contribution is 6.07. The molecule has 1 aromatic carbocycles. The lowest BCUT2D eigenvalue weighted by atomic mass is 9.95. The van der Waals surface area contributed by atoms with E-state index in [0.717, 1.165) is 10.8 Å². The second kappa shape index (κ2) is 4.86. The number of Topliss-reactive ketones (excluding diaryl/α,β-unsaturated/α-hetero) is 1. The number of ketones is 1. The average Bonchev–Trinajstić information content (AvgIpc) is 2.34. The highest BCUT2D eigenvalue weighted by atomic mass is 16.1. The van der Waals surface area contributed by atoms with Gasteiger partial charge in [-0.25, -0.2) is 0 Å². The number of hydrogen-bond acceptors (Lipinski definition) is 3. The molecule has 0 unspecified atom stereocenters. The minimum Gasteiger partial charge on any atom is -0.326 e. The number of rotatable bonds is 4. The maximum absolute atomic E-state index is 12.2. The Morgan fingerprint density at radius 2 is 2.00 bits per heavy atom. The largest absolute Gasteiger partial charge is 0.326 e. The van der Waals surface area contributed by atoms with E-state index in [0.29, 0.717) is 18.4 Å². The van der Waals surface area contributed by atoms with Crippen molar-refractivity contribution in [1.82, 2.24) is 4.98 Å². The molecule has 0 saturated heterocycles. The molecule has 2 aromatic rings. The fourth-order valence-corrected chi connectivity index (χ4v) is 1.91. The Balaban J connectivity index is 2.28. The summed E-state index contributed by atoms with van der Waals surface area (Å²) in [5.74, 6) is 0.109. The van der Waals surface area contributed by atoms with Crippen LogP contribution in [0.15, 0.2) is 36.7 Å². The quantitative estimate of drug-likeness (QED) is 0.839. The van der Waals surface area contributed by atoms with Crippen molar-refractivity contribution in [2.75, 3.05) is 0 Å². The van der Waals surface area contributed by atoms with E-state index in [2.05, 4.69) is 4.98 Å². The second-order valence-corrected chi connectivity index (χ2v) is 5.32. The Labute approximate surface area is 107 Å². The van der Waals surface area contributed by atoms with Gasteiger partial charge in [-0.2, -0.15) is 0 Å². The van der Waals surface area contributed by atoms with Crippen LogP contribution in [0, 0.1) is 0 Å². The molecule has 0 radical (unpaired) electrons. The molecule has 0 atom stereocenters. The number of nitrogens with zero attached hydrogens (tertiary/aromatic N) is 1. The molecule has 0 aliphatic rings. The van der Waals surface area contributed by atoms with Crippen LogP contribution in [0.5, 0.6) is 0 Å². The molecule has 0 saturated carbocycles. The Hall–Kier alpha value is -1.74. The summed E-state index contributed by atoms with van der Waals surface area (Å²) < 4.78 is 0. The van der Waals surface area contributed by atoms with Gasteiger partial charge in [-0.3, -0.25) is 9.78 Å². The first-order valence-electron chi connectivity index (χ1n) is 6.12. The van der Waals surface area contributed by atoms with Crippen LogP contribution in [-0.4, -0.2) is 16.3 Å². The van der Waals surface area contributed by atoms with Gasteiger partial charge in [-0.15, -0.1) is 0 Å². The number of nitrogens with two attached hydrogens (primary N) is 1. The standard InChI is InChI=1S/C15H18N2O/c1-15(2,16)8-7-14(18)13-10-17-9-11-5-3-4-6-12(11)13/h3-6,9-10H,7-8,16H2,1-2H3. The number of fused-ring (bicyclic) bond motifs is 1. The van der Waals surface area contributed by atoms with Crippen LogP contribution in [0.1, 0.15) is 37.0 Å².